The molecule has 0 spiro atoms. The van der Waals surface area contributed by atoms with Crippen LogP contribution < -0.4 is 15.4 Å². The van der Waals surface area contributed by atoms with Gasteiger partial charge in [0.15, 0.2) is 0 Å². The quantitative estimate of drug-likeness (QED) is 0.742. The molecule has 1 aliphatic heterocycles. The second-order valence-corrected chi connectivity index (χ2v) is 6.11. The van der Waals surface area contributed by atoms with Gasteiger partial charge in [0.2, 0.25) is 0 Å². The Labute approximate surface area is 148 Å². The van der Waals surface area contributed by atoms with Gasteiger partial charge < -0.3 is 20.1 Å². The second kappa shape index (κ2) is 8.55. The lowest BCUT2D eigenvalue weighted by atomic mass is 9.95. The molecule has 0 saturated heterocycles. The lowest BCUT2D eigenvalue weighted by Crippen LogP contribution is -2.45. The number of benzene rings is 1. The fourth-order valence-corrected chi connectivity index (χ4v) is 2.52. The van der Waals surface area contributed by atoms with Gasteiger partial charge in [-0.25, -0.2) is 9.59 Å². The van der Waals surface area contributed by atoms with Crippen LogP contribution in [0.4, 0.5) is 4.79 Å². The van der Waals surface area contributed by atoms with E-state index in [2.05, 4.69) is 10.6 Å². The minimum absolute atomic E-state index is 0.184. The third-order valence-electron chi connectivity index (χ3n) is 4.06. The number of hydrogen-bond acceptors (Lipinski definition) is 4. The van der Waals surface area contributed by atoms with E-state index >= 15 is 0 Å². The Morgan fingerprint density at radius 2 is 1.92 bits per heavy atom. The predicted octanol–water partition coefficient (Wildman–Crippen LogP) is 3.45. The molecule has 2 atom stereocenters. The SMILES string of the molecule is CCCOc1ccc([C@H]2NC(=O)NC(C)=C2C(=O)O[C@@H](C)CC)cc1. The first-order valence-corrected chi connectivity index (χ1v) is 8.68. The molecule has 0 bridgehead atoms. The van der Waals surface area contributed by atoms with E-state index in [1.54, 1.807) is 6.92 Å². The number of ether oxygens (including phenoxy) is 2. The first kappa shape index (κ1) is 18.8. The van der Waals surface area contributed by atoms with E-state index in [4.69, 9.17) is 9.47 Å². The van der Waals surface area contributed by atoms with Crippen LogP contribution in [0.3, 0.4) is 0 Å². The van der Waals surface area contributed by atoms with Crippen LogP contribution in [0.5, 0.6) is 5.75 Å². The number of urea groups is 1. The largest absolute Gasteiger partial charge is 0.494 e. The van der Waals surface area contributed by atoms with E-state index < -0.39 is 12.0 Å². The second-order valence-electron chi connectivity index (χ2n) is 6.11. The van der Waals surface area contributed by atoms with Crippen molar-refractivity contribution in [3.8, 4) is 5.75 Å². The van der Waals surface area contributed by atoms with Gasteiger partial charge >= 0.3 is 12.0 Å². The minimum Gasteiger partial charge on any atom is -0.494 e. The molecule has 0 unspecified atom stereocenters. The number of carbonyl (C=O) groups is 2. The third-order valence-corrected chi connectivity index (χ3v) is 4.06. The van der Waals surface area contributed by atoms with E-state index in [0.29, 0.717) is 17.9 Å². The van der Waals surface area contributed by atoms with Gasteiger partial charge in [-0.05, 0) is 44.4 Å². The summed E-state index contributed by atoms with van der Waals surface area (Å²) in [6.07, 6.45) is 1.47. The average Bonchev–Trinajstić information content (AvgIpc) is 2.59. The van der Waals surface area contributed by atoms with Gasteiger partial charge in [-0.3, -0.25) is 0 Å². The molecule has 2 amide bonds. The number of amides is 2. The molecule has 6 heteroatoms. The van der Waals surface area contributed by atoms with Crippen molar-refractivity contribution in [3.63, 3.8) is 0 Å². The lowest BCUT2D eigenvalue weighted by molar-refractivity contribution is -0.144. The monoisotopic (exact) mass is 346 g/mol. The number of hydrogen-bond donors (Lipinski definition) is 2. The standard InChI is InChI=1S/C19H26N2O4/c1-5-11-24-15-9-7-14(8-10-15)17-16(13(4)20-19(23)21-17)18(22)25-12(3)6-2/h7-10,12,17H,5-6,11H2,1-4H3,(H2,20,21,23)/t12-,17+/m0/s1. The zero-order valence-electron chi connectivity index (χ0n) is 15.2. The van der Waals surface area contributed by atoms with E-state index in [-0.39, 0.29) is 12.1 Å². The van der Waals surface area contributed by atoms with Crippen molar-refractivity contribution in [1.82, 2.24) is 10.6 Å². The average molecular weight is 346 g/mol. The van der Waals surface area contributed by atoms with Crippen molar-refractivity contribution < 1.29 is 19.1 Å². The number of esters is 1. The molecule has 1 heterocycles. The highest BCUT2D eigenvalue weighted by Gasteiger charge is 2.32. The molecule has 0 aromatic heterocycles. The van der Waals surface area contributed by atoms with Gasteiger partial charge in [0.05, 0.1) is 24.3 Å². The Bertz CT molecular complexity index is 652. The third kappa shape index (κ3) is 4.75. The molecule has 0 saturated carbocycles. The molecule has 2 rings (SSSR count). The van der Waals surface area contributed by atoms with Crippen molar-refractivity contribution in [2.45, 2.75) is 52.7 Å². The van der Waals surface area contributed by atoms with Crippen molar-refractivity contribution in [3.05, 3.63) is 41.1 Å². The predicted molar refractivity (Wildman–Crippen MR) is 95.2 cm³/mol. The summed E-state index contributed by atoms with van der Waals surface area (Å²) in [7, 11) is 0. The van der Waals surface area contributed by atoms with Crippen LogP contribution in [-0.4, -0.2) is 24.7 Å². The van der Waals surface area contributed by atoms with Crippen LogP contribution in [0.1, 0.15) is 52.1 Å². The summed E-state index contributed by atoms with van der Waals surface area (Å²) in [4.78, 5) is 24.5. The highest BCUT2D eigenvalue weighted by atomic mass is 16.5. The highest BCUT2D eigenvalue weighted by molar-refractivity contribution is 5.95. The molecule has 0 radical (unpaired) electrons. The zero-order chi connectivity index (χ0) is 18.4. The first-order valence-electron chi connectivity index (χ1n) is 8.68. The lowest BCUT2D eigenvalue weighted by Gasteiger charge is -2.29. The van der Waals surface area contributed by atoms with Crippen LogP contribution in [0.25, 0.3) is 0 Å². The normalized spacial score (nSPS) is 18.2. The van der Waals surface area contributed by atoms with E-state index in [0.717, 1.165) is 24.2 Å². The molecule has 0 aliphatic carbocycles. The Kier molecular flexibility index (Phi) is 6.44. The maximum Gasteiger partial charge on any atom is 0.338 e. The van der Waals surface area contributed by atoms with E-state index in [1.165, 1.54) is 0 Å². The number of carbonyl (C=O) groups excluding carboxylic acids is 2. The zero-order valence-corrected chi connectivity index (χ0v) is 15.2. The van der Waals surface area contributed by atoms with Gasteiger partial charge in [0, 0.05) is 5.70 Å². The summed E-state index contributed by atoms with van der Waals surface area (Å²) in [6.45, 7) is 8.19. The Morgan fingerprint density at radius 1 is 1.24 bits per heavy atom. The summed E-state index contributed by atoms with van der Waals surface area (Å²) >= 11 is 0. The van der Waals surface area contributed by atoms with Crippen LogP contribution in [0, 0.1) is 0 Å². The van der Waals surface area contributed by atoms with Crippen LogP contribution in [0.2, 0.25) is 0 Å². The van der Waals surface area contributed by atoms with Gasteiger partial charge in [0.25, 0.3) is 0 Å². The Hall–Kier alpha value is -2.50. The fraction of sp³-hybridized carbons (Fsp3) is 0.474. The maximum atomic E-state index is 12.6. The van der Waals surface area contributed by atoms with Crippen molar-refractivity contribution in [2.75, 3.05) is 6.61 Å². The maximum absolute atomic E-state index is 12.6. The van der Waals surface area contributed by atoms with Crippen molar-refractivity contribution in [1.29, 1.82) is 0 Å². The summed E-state index contributed by atoms with van der Waals surface area (Å²) in [5.41, 5.74) is 1.73. The van der Waals surface area contributed by atoms with E-state index in [1.807, 2.05) is 45.0 Å². The molecule has 136 valence electrons. The number of nitrogens with one attached hydrogen (secondary N) is 2. The van der Waals surface area contributed by atoms with Gasteiger partial charge in [-0.2, -0.15) is 0 Å². The van der Waals surface area contributed by atoms with Crippen LogP contribution in [-0.2, 0) is 9.53 Å². The Morgan fingerprint density at radius 3 is 2.52 bits per heavy atom. The van der Waals surface area contributed by atoms with Crippen molar-refractivity contribution in [2.24, 2.45) is 0 Å². The van der Waals surface area contributed by atoms with Crippen molar-refractivity contribution >= 4 is 12.0 Å². The first-order chi connectivity index (χ1) is 12.0. The molecule has 1 aromatic rings. The van der Waals surface area contributed by atoms with Gasteiger partial charge in [-0.15, -0.1) is 0 Å². The number of rotatable bonds is 7. The highest BCUT2D eigenvalue weighted by Crippen LogP contribution is 2.29. The van der Waals surface area contributed by atoms with Gasteiger partial charge in [-0.1, -0.05) is 26.0 Å². The molecule has 25 heavy (non-hydrogen) atoms. The van der Waals surface area contributed by atoms with Gasteiger partial charge in [0.1, 0.15) is 5.75 Å². The summed E-state index contributed by atoms with van der Waals surface area (Å²) in [5, 5.41) is 5.44. The molecular formula is C19H26N2O4. The fourth-order valence-electron chi connectivity index (χ4n) is 2.52. The molecule has 1 aliphatic rings. The minimum atomic E-state index is -0.550. The molecule has 0 fully saturated rings. The smallest absolute Gasteiger partial charge is 0.338 e. The topological polar surface area (TPSA) is 76.7 Å². The van der Waals surface area contributed by atoms with Crippen LogP contribution >= 0.6 is 0 Å². The summed E-state index contributed by atoms with van der Waals surface area (Å²) in [5.74, 6) is 0.339. The molecule has 1 aromatic carbocycles. The molecular weight excluding hydrogens is 320 g/mol. The van der Waals surface area contributed by atoms with Crippen LogP contribution in [0.15, 0.2) is 35.5 Å². The summed E-state index contributed by atoms with van der Waals surface area (Å²) in [6, 6.07) is 6.49. The van der Waals surface area contributed by atoms with E-state index in [9.17, 15) is 9.59 Å². The molecule has 2 N–H and O–H groups in total. The number of allylic oxidation sites excluding steroid dienone is 1. The summed E-state index contributed by atoms with van der Waals surface area (Å²) < 4.78 is 11.0. The molecule has 6 nitrogen and oxygen atoms in total. The Balaban J connectivity index is 2.27.